The molecule has 2 N–H and O–H groups in total. The zero-order valence-electron chi connectivity index (χ0n) is 8.13. The second-order valence-corrected chi connectivity index (χ2v) is 3.63. The van der Waals surface area contributed by atoms with Gasteiger partial charge in [0.2, 0.25) is 0 Å². The van der Waals surface area contributed by atoms with E-state index in [0.717, 1.165) is 18.6 Å². The number of ether oxygens (including phenoxy) is 1. The van der Waals surface area contributed by atoms with Crippen molar-refractivity contribution in [2.45, 2.75) is 25.8 Å². The van der Waals surface area contributed by atoms with Gasteiger partial charge in [-0.1, -0.05) is 12.1 Å². The van der Waals surface area contributed by atoms with Crippen LogP contribution < -0.4 is 10.5 Å². The minimum absolute atomic E-state index is 0.212. The zero-order valence-corrected chi connectivity index (χ0v) is 8.13. The van der Waals surface area contributed by atoms with Gasteiger partial charge in [-0.2, -0.15) is 0 Å². The molecular formula is C11H15NO. The predicted molar refractivity (Wildman–Crippen MR) is 53.0 cm³/mol. The van der Waals surface area contributed by atoms with E-state index in [2.05, 4.69) is 19.1 Å². The first kappa shape index (κ1) is 8.57. The number of methoxy groups -OCH3 is 1. The fraction of sp³-hybridized carbons (Fsp3) is 0.455. The Morgan fingerprint density at radius 1 is 1.46 bits per heavy atom. The fourth-order valence-electron chi connectivity index (χ4n) is 2.10. The van der Waals surface area contributed by atoms with Crippen LogP contribution in [0.1, 0.15) is 29.2 Å². The van der Waals surface area contributed by atoms with Gasteiger partial charge in [0.25, 0.3) is 0 Å². The number of hydrogen-bond donors (Lipinski definition) is 1. The maximum atomic E-state index is 5.96. The van der Waals surface area contributed by atoms with Gasteiger partial charge in [0.05, 0.1) is 7.11 Å². The van der Waals surface area contributed by atoms with E-state index in [0.29, 0.717) is 0 Å². The van der Waals surface area contributed by atoms with Gasteiger partial charge in [-0.25, -0.2) is 0 Å². The third kappa shape index (κ3) is 1.22. The molecule has 1 atom stereocenters. The molecule has 0 amide bonds. The second-order valence-electron chi connectivity index (χ2n) is 3.63. The average molecular weight is 177 g/mol. The van der Waals surface area contributed by atoms with Gasteiger partial charge in [0.1, 0.15) is 5.75 Å². The Balaban J connectivity index is 2.57. The standard InChI is InChI=1S/C11H15NO/c1-7-3-4-8-9(11(7)13-2)5-6-10(8)12/h3-4,10H,5-6,12H2,1-2H3/t10-/m1/s1. The van der Waals surface area contributed by atoms with Gasteiger partial charge in [-0.15, -0.1) is 0 Å². The Labute approximate surface area is 78.7 Å². The van der Waals surface area contributed by atoms with Gasteiger partial charge < -0.3 is 10.5 Å². The molecule has 0 aromatic heterocycles. The zero-order chi connectivity index (χ0) is 9.42. The Morgan fingerprint density at radius 2 is 2.23 bits per heavy atom. The van der Waals surface area contributed by atoms with Crippen molar-refractivity contribution >= 4 is 0 Å². The molecular weight excluding hydrogens is 162 g/mol. The minimum Gasteiger partial charge on any atom is -0.496 e. The van der Waals surface area contributed by atoms with E-state index in [1.165, 1.54) is 16.7 Å². The van der Waals surface area contributed by atoms with E-state index in [-0.39, 0.29) is 6.04 Å². The van der Waals surface area contributed by atoms with Crippen LogP contribution in [-0.4, -0.2) is 7.11 Å². The van der Waals surface area contributed by atoms with Gasteiger partial charge in [0, 0.05) is 6.04 Å². The highest BCUT2D eigenvalue weighted by Crippen LogP contribution is 2.37. The quantitative estimate of drug-likeness (QED) is 0.711. The van der Waals surface area contributed by atoms with Crippen molar-refractivity contribution in [3.63, 3.8) is 0 Å². The molecule has 0 unspecified atom stereocenters. The third-order valence-corrected chi connectivity index (χ3v) is 2.80. The predicted octanol–water partition coefficient (Wildman–Crippen LogP) is 1.95. The third-order valence-electron chi connectivity index (χ3n) is 2.80. The van der Waals surface area contributed by atoms with Crippen LogP contribution in [0, 0.1) is 6.92 Å². The van der Waals surface area contributed by atoms with E-state index in [1.54, 1.807) is 7.11 Å². The summed E-state index contributed by atoms with van der Waals surface area (Å²) in [5.41, 5.74) is 9.75. The van der Waals surface area contributed by atoms with Crippen molar-refractivity contribution in [1.29, 1.82) is 0 Å². The highest BCUT2D eigenvalue weighted by molar-refractivity contribution is 5.49. The topological polar surface area (TPSA) is 35.2 Å². The molecule has 70 valence electrons. The summed E-state index contributed by atoms with van der Waals surface area (Å²) in [6.45, 7) is 2.07. The number of nitrogens with two attached hydrogens (primary N) is 1. The Hall–Kier alpha value is -1.02. The van der Waals surface area contributed by atoms with Gasteiger partial charge in [0.15, 0.2) is 0 Å². The molecule has 0 bridgehead atoms. The summed E-state index contributed by atoms with van der Waals surface area (Å²) < 4.78 is 5.38. The smallest absolute Gasteiger partial charge is 0.125 e. The summed E-state index contributed by atoms with van der Waals surface area (Å²) in [4.78, 5) is 0. The summed E-state index contributed by atoms with van der Waals surface area (Å²) >= 11 is 0. The molecule has 2 rings (SSSR count). The van der Waals surface area contributed by atoms with Crippen molar-refractivity contribution < 1.29 is 4.74 Å². The van der Waals surface area contributed by atoms with Crippen LogP contribution in [0.4, 0.5) is 0 Å². The van der Waals surface area contributed by atoms with E-state index < -0.39 is 0 Å². The van der Waals surface area contributed by atoms with Crippen molar-refractivity contribution in [3.8, 4) is 5.75 Å². The molecule has 0 aliphatic heterocycles. The first-order valence-corrected chi connectivity index (χ1v) is 4.66. The van der Waals surface area contributed by atoms with Crippen LogP contribution in [0.15, 0.2) is 12.1 Å². The van der Waals surface area contributed by atoms with Crippen LogP contribution in [0.5, 0.6) is 5.75 Å². The Kier molecular flexibility index (Phi) is 2.00. The Bertz CT molecular complexity index is 333. The first-order valence-electron chi connectivity index (χ1n) is 4.66. The van der Waals surface area contributed by atoms with Crippen LogP contribution in [-0.2, 0) is 6.42 Å². The maximum Gasteiger partial charge on any atom is 0.125 e. The lowest BCUT2D eigenvalue weighted by Gasteiger charge is -2.11. The molecule has 2 nitrogen and oxygen atoms in total. The molecule has 1 aromatic carbocycles. The first-order chi connectivity index (χ1) is 6.24. The minimum atomic E-state index is 0.212. The molecule has 2 heteroatoms. The Morgan fingerprint density at radius 3 is 2.92 bits per heavy atom. The number of hydrogen-bond acceptors (Lipinski definition) is 2. The molecule has 13 heavy (non-hydrogen) atoms. The fourth-order valence-corrected chi connectivity index (χ4v) is 2.10. The molecule has 0 spiro atoms. The average Bonchev–Trinajstić information content (AvgIpc) is 2.48. The number of aryl methyl sites for hydroxylation is 1. The molecule has 0 heterocycles. The lowest BCUT2D eigenvalue weighted by molar-refractivity contribution is 0.407. The normalized spacial score (nSPS) is 20.1. The molecule has 0 radical (unpaired) electrons. The van der Waals surface area contributed by atoms with Crippen LogP contribution >= 0.6 is 0 Å². The molecule has 1 aliphatic carbocycles. The summed E-state index contributed by atoms with van der Waals surface area (Å²) in [6.07, 6.45) is 2.11. The lowest BCUT2D eigenvalue weighted by atomic mass is 10.0. The largest absolute Gasteiger partial charge is 0.496 e. The molecule has 0 saturated carbocycles. The van der Waals surface area contributed by atoms with Crippen molar-refractivity contribution in [3.05, 3.63) is 28.8 Å². The molecule has 1 aliphatic rings. The lowest BCUT2D eigenvalue weighted by Crippen LogP contribution is -2.05. The molecule has 0 fully saturated rings. The van der Waals surface area contributed by atoms with E-state index in [1.807, 2.05) is 0 Å². The number of fused-ring (bicyclic) bond motifs is 1. The summed E-state index contributed by atoms with van der Waals surface area (Å²) in [5, 5.41) is 0. The van der Waals surface area contributed by atoms with Crippen LogP contribution in [0.2, 0.25) is 0 Å². The summed E-state index contributed by atoms with van der Waals surface area (Å²) in [6, 6.07) is 4.43. The highest BCUT2D eigenvalue weighted by Gasteiger charge is 2.22. The number of rotatable bonds is 1. The second kappa shape index (κ2) is 3.04. The molecule has 1 aromatic rings. The SMILES string of the molecule is COc1c(C)ccc2c1CC[C@H]2N. The molecule has 0 saturated heterocycles. The van der Waals surface area contributed by atoms with E-state index in [9.17, 15) is 0 Å². The van der Waals surface area contributed by atoms with Gasteiger partial charge >= 0.3 is 0 Å². The van der Waals surface area contributed by atoms with Gasteiger partial charge in [-0.3, -0.25) is 0 Å². The maximum absolute atomic E-state index is 5.96. The van der Waals surface area contributed by atoms with Gasteiger partial charge in [-0.05, 0) is 36.5 Å². The van der Waals surface area contributed by atoms with Crippen LogP contribution in [0.25, 0.3) is 0 Å². The van der Waals surface area contributed by atoms with Crippen molar-refractivity contribution in [1.82, 2.24) is 0 Å². The monoisotopic (exact) mass is 177 g/mol. The van der Waals surface area contributed by atoms with Crippen LogP contribution in [0.3, 0.4) is 0 Å². The van der Waals surface area contributed by atoms with Crippen molar-refractivity contribution in [2.24, 2.45) is 5.73 Å². The summed E-state index contributed by atoms with van der Waals surface area (Å²) in [5.74, 6) is 1.03. The number of benzene rings is 1. The van der Waals surface area contributed by atoms with Crippen molar-refractivity contribution in [2.75, 3.05) is 7.11 Å². The van der Waals surface area contributed by atoms with E-state index >= 15 is 0 Å². The van der Waals surface area contributed by atoms with E-state index in [4.69, 9.17) is 10.5 Å². The highest BCUT2D eigenvalue weighted by atomic mass is 16.5. The summed E-state index contributed by atoms with van der Waals surface area (Å²) in [7, 11) is 1.73.